The maximum absolute atomic E-state index is 12.8. The van der Waals surface area contributed by atoms with Crippen molar-refractivity contribution in [2.75, 3.05) is 26.6 Å². The van der Waals surface area contributed by atoms with Gasteiger partial charge in [0.1, 0.15) is 24.6 Å². The van der Waals surface area contributed by atoms with Crippen LogP contribution in [0.1, 0.15) is 5.56 Å². The maximum Gasteiger partial charge on any atom is 0.248 e. The molecule has 174 valence electrons. The Labute approximate surface area is 195 Å². The summed E-state index contributed by atoms with van der Waals surface area (Å²) in [7, 11) is 4.61. The Morgan fingerprint density at radius 1 is 1.09 bits per heavy atom. The molecule has 0 saturated heterocycles. The van der Waals surface area contributed by atoms with Crippen molar-refractivity contribution in [2.45, 2.75) is 13.2 Å². The van der Waals surface area contributed by atoms with E-state index in [0.717, 1.165) is 22.6 Å². The van der Waals surface area contributed by atoms with Crippen LogP contribution in [-0.4, -0.2) is 42.2 Å². The van der Waals surface area contributed by atoms with Crippen LogP contribution in [0.5, 0.6) is 23.0 Å². The third-order valence-electron chi connectivity index (χ3n) is 5.47. The number of benzene rings is 2. The summed E-state index contributed by atoms with van der Waals surface area (Å²) >= 11 is 0. The molecule has 0 atom stereocenters. The fourth-order valence-electron chi connectivity index (χ4n) is 3.92. The first-order valence-electron chi connectivity index (χ1n) is 10.4. The van der Waals surface area contributed by atoms with Crippen molar-refractivity contribution in [1.29, 1.82) is 0 Å². The highest BCUT2D eigenvalue weighted by Crippen LogP contribution is 2.41. The van der Waals surface area contributed by atoms with Crippen molar-refractivity contribution in [3.63, 3.8) is 0 Å². The van der Waals surface area contributed by atoms with E-state index in [0.29, 0.717) is 35.1 Å². The van der Waals surface area contributed by atoms with Gasteiger partial charge in [0.25, 0.3) is 0 Å². The van der Waals surface area contributed by atoms with Crippen LogP contribution in [-0.2, 0) is 17.9 Å². The fraction of sp³-hybridized carbons (Fsp3) is 0.208. The zero-order chi connectivity index (χ0) is 23.7. The molecule has 2 aromatic heterocycles. The molecule has 1 aliphatic heterocycles. The normalized spacial score (nSPS) is 11.7. The van der Waals surface area contributed by atoms with E-state index in [1.165, 1.54) is 21.3 Å². The van der Waals surface area contributed by atoms with Gasteiger partial charge in [-0.3, -0.25) is 14.8 Å². The van der Waals surface area contributed by atoms with Gasteiger partial charge in [-0.05, 0) is 24.3 Å². The largest absolute Gasteiger partial charge is 0.493 e. The van der Waals surface area contributed by atoms with Gasteiger partial charge in [0, 0.05) is 22.8 Å². The highest BCUT2D eigenvalue weighted by Gasteiger charge is 2.23. The molecular formula is C24H22N4O6. The number of aromatic nitrogens is 3. The van der Waals surface area contributed by atoms with Gasteiger partial charge in [-0.1, -0.05) is 17.3 Å². The molecule has 0 aliphatic carbocycles. The van der Waals surface area contributed by atoms with E-state index in [1.54, 1.807) is 29.1 Å². The molecule has 0 fully saturated rings. The topological polar surface area (TPSA) is 110 Å². The minimum Gasteiger partial charge on any atom is -0.493 e. The van der Waals surface area contributed by atoms with Gasteiger partial charge in [0.05, 0.1) is 33.2 Å². The number of fused-ring (bicyclic) bond motifs is 3. The molecular weight excluding hydrogens is 440 g/mol. The van der Waals surface area contributed by atoms with Crippen LogP contribution >= 0.6 is 0 Å². The summed E-state index contributed by atoms with van der Waals surface area (Å²) in [5.41, 5.74) is 3.87. The quantitative estimate of drug-likeness (QED) is 0.442. The Morgan fingerprint density at radius 3 is 2.59 bits per heavy atom. The Bertz CT molecular complexity index is 1330. The highest BCUT2D eigenvalue weighted by atomic mass is 16.5. The summed E-state index contributed by atoms with van der Waals surface area (Å²) in [6.45, 7) is 0.415. The number of ether oxygens (including phenoxy) is 4. The van der Waals surface area contributed by atoms with Crippen LogP contribution in [0.4, 0.5) is 5.88 Å². The zero-order valence-corrected chi connectivity index (χ0v) is 18.8. The number of anilines is 1. The number of nitrogens with zero attached hydrogens (tertiary/aromatic N) is 3. The minimum absolute atomic E-state index is 0.00385. The first kappa shape index (κ1) is 21.4. The lowest BCUT2D eigenvalue weighted by molar-refractivity contribution is -0.117. The molecule has 4 aromatic rings. The van der Waals surface area contributed by atoms with Gasteiger partial charge in [-0.2, -0.15) is 5.10 Å². The number of hydrogen-bond acceptors (Lipinski definition) is 8. The second-order valence-corrected chi connectivity index (χ2v) is 7.50. The molecule has 3 heterocycles. The SMILES string of the molecule is COc1cc(-c2cc(NC(=O)Cn3ncc4c3-c3ccccc3OC4)on2)cc(OC)c1OC. The average Bonchev–Trinajstić information content (AvgIpc) is 3.50. The van der Waals surface area contributed by atoms with Gasteiger partial charge in [0.2, 0.25) is 17.5 Å². The van der Waals surface area contributed by atoms with Gasteiger partial charge in [0.15, 0.2) is 11.5 Å². The molecule has 0 unspecified atom stereocenters. The Morgan fingerprint density at radius 2 is 1.85 bits per heavy atom. The number of nitrogens with one attached hydrogen (secondary N) is 1. The van der Waals surface area contributed by atoms with Crippen molar-refractivity contribution < 1.29 is 28.3 Å². The van der Waals surface area contributed by atoms with Crippen molar-refractivity contribution >= 4 is 11.8 Å². The summed E-state index contributed by atoms with van der Waals surface area (Å²) in [4.78, 5) is 12.8. The molecule has 2 aromatic carbocycles. The van der Waals surface area contributed by atoms with E-state index in [-0.39, 0.29) is 18.3 Å². The molecule has 1 N–H and O–H groups in total. The van der Waals surface area contributed by atoms with Crippen molar-refractivity contribution in [1.82, 2.24) is 14.9 Å². The maximum atomic E-state index is 12.8. The molecule has 10 heteroatoms. The zero-order valence-electron chi connectivity index (χ0n) is 18.8. The lowest BCUT2D eigenvalue weighted by Crippen LogP contribution is -2.20. The third kappa shape index (κ3) is 3.79. The highest BCUT2D eigenvalue weighted by molar-refractivity contribution is 5.90. The first-order chi connectivity index (χ1) is 16.6. The van der Waals surface area contributed by atoms with Crippen LogP contribution in [0.2, 0.25) is 0 Å². The van der Waals surface area contributed by atoms with Crippen LogP contribution in [0.15, 0.2) is 53.2 Å². The number of carbonyl (C=O) groups is 1. The Kier molecular flexibility index (Phi) is 5.54. The standard InChI is InChI=1S/C24H22N4O6/c1-30-19-8-14(9-20(31-2)24(19)32-3)17-10-22(34-27-17)26-21(29)12-28-23-15(11-25-28)13-33-18-7-5-4-6-16(18)23/h4-11H,12-13H2,1-3H3,(H,26,29). The Balaban J connectivity index is 1.34. The van der Waals surface area contributed by atoms with E-state index < -0.39 is 0 Å². The van der Waals surface area contributed by atoms with Gasteiger partial charge >= 0.3 is 0 Å². The van der Waals surface area contributed by atoms with E-state index in [2.05, 4.69) is 15.6 Å². The van der Waals surface area contributed by atoms with Crippen LogP contribution in [0.25, 0.3) is 22.5 Å². The molecule has 0 spiro atoms. The molecule has 34 heavy (non-hydrogen) atoms. The van der Waals surface area contributed by atoms with Crippen molar-refractivity contribution in [3.05, 3.63) is 54.2 Å². The number of amides is 1. The molecule has 0 radical (unpaired) electrons. The van der Waals surface area contributed by atoms with Crippen LogP contribution in [0, 0.1) is 0 Å². The Hall–Kier alpha value is -4.47. The second-order valence-electron chi connectivity index (χ2n) is 7.50. The summed E-state index contributed by atoms with van der Waals surface area (Å²) in [5, 5.41) is 11.2. The number of methoxy groups -OCH3 is 3. The first-order valence-corrected chi connectivity index (χ1v) is 10.4. The lowest BCUT2D eigenvalue weighted by atomic mass is 10.0. The molecule has 5 rings (SSSR count). The van der Waals surface area contributed by atoms with Gasteiger partial charge < -0.3 is 23.5 Å². The van der Waals surface area contributed by atoms with E-state index >= 15 is 0 Å². The summed E-state index contributed by atoms with van der Waals surface area (Å²) in [6, 6.07) is 12.8. The summed E-state index contributed by atoms with van der Waals surface area (Å²) < 4.78 is 28.9. The number of para-hydroxylation sites is 1. The lowest BCUT2D eigenvalue weighted by Gasteiger charge is -2.18. The van der Waals surface area contributed by atoms with Crippen molar-refractivity contribution in [2.24, 2.45) is 0 Å². The monoisotopic (exact) mass is 462 g/mol. The molecule has 10 nitrogen and oxygen atoms in total. The van der Waals surface area contributed by atoms with E-state index in [1.807, 2.05) is 24.3 Å². The van der Waals surface area contributed by atoms with Gasteiger partial charge in [-0.25, -0.2) is 0 Å². The molecule has 1 aliphatic rings. The van der Waals surface area contributed by atoms with E-state index in [9.17, 15) is 4.79 Å². The third-order valence-corrected chi connectivity index (χ3v) is 5.47. The predicted molar refractivity (Wildman–Crippen MR) is 122 cm³/mol. The number of hydrogen-bond donors (Lipinski definition) is 1. The number of carbonyl (C=O) groups excluding carboxylic acids is 1. The number of rotatable bonds is 7. The second kappa shape index (κ2) is 8.81. The van der Waals surface area contributed by atoms with E-state index in [4.69, 9.17) is 23.5 Å². The summed E-state index contributed by atoms with van der Waals surface area (Å²) in [5.74, 6) is 2.11. The minimum atomic E-state index is -0.303. The molecule has 0 bridgehead atoms. The van der Waals surface area contributed by atoms with Crippen LogP contribution < -0.4 is 24.3 Å². The fourth-order valence-corrected chi connectivity index (χ4v) is 3.92. The average molecular weight is 462 g/mol. The van der Waals surface area contributed by atoms with Crippen molar-refractivity contribution in [3.8, 4) is 45.5 Å². The molecule has 1 amide bonds. The smallest absolute Gasteiger partial charge is 0.248 e. The summed E-state index contributed by atoms with van der Waals surface area (Å²) in [6.07, 6.45) is 1.72. The van der Waals surface area contributed by atoms with Crippen LogP contribution in [0.3, 0.4) is 0 Å². The molecule has 0 saturated carbocycles. The van der Waals surface area contributed by atoms with Gasteiger partial charge in [-0.15, -0.1) is 0 Å². The predicted octanol–water partition coefficient (Wildman–Crippen LogP) is 3.76.